The van der Waals surface area contributed by atoms with Gasteiger partial charge in [-0.25, -0.2) is 0 Å². The van der Waals surface area contributed by atoms with Crippen LogP contribution in [0.2, 0.25) is 0 Å². The van der Waals surface area contributed by atoms with Gasteiger partial charge in [0.15, 0.2) is 17.3 Å². The number of aliphatic hydroxyl groups is 2. The fraction of sp³-hybridized carbons (Fsp3) is 0.393. The molecule has 8 aromatic rings. The van der Waals surface area contributed by atoms with E-state index in [1.165, 1.54) is 66.6 Å². The van der Waals surface area contributed by atoms with E-state index in [1.807, 2.05) is 173 Å². The summed E-state index contributed by atoms with van der Waals surface area (Å²) < 4.78 is 5.46. The Morgan fingerprint density at radius 3 is 0.926 bits per heavy atom. The lowest BCUT2D eigenvalue weighted by molar-refractivity contribution is -0.00430. The molecule has 1 aliphatic heterocycles. The van der Waals surface area contributed by atoms with Crippen LogP contribution in [0.25, 0.3) is 55.6 Å². The van der Waals surface area contributed by atoms with Crippen molar-refractivity contribution in [3.05, 3.63) is 227 Å². The minimum Gasteiger partial charge on any atom is -0.382 e. The van der Waals surface area contributed by atoms with Crippen LogP contribution in [0.1, 0.15) is 206 Å². The summed E-state index contributed by atoms with van der Waals surface area (Å²) in [5, 5.41) is 19.7. The predicted molar refractivity (Wildman–Crippen MR) is 433 cm³/mol. The van der Waals surface area contributed by atoms with Crippen LogP contribution >= 0.6 is 37.0 Å². The molecule has 8 aromatic carbocycles. The molecule has 520 valence electrons. The van der Waals surface area contributed by atoms with E-state index in [0.717, 1.165) is 82.2 Å². The Morgan fingerprint density at radius 2 is 0.611 bits per heavy atom. The average Bonchev–Trinajstić information content (AvgIpc) is 0.830. The van der Waals surface area contributed by atoms with Gasteiger partial charge in [0.2, 0.25) is 0 Å². The number of hydrogen-bond acceptors (Lipinski definition) is 7. The van der Waals surface area contributed by atoms with Crippen molar-refractivity contribution >= 4 is 54.3 Å². The molecule has 1 fully saturated rings. The van der Waals surface area contributed by atoms with Gasteiger partial charge in [0, 0.05) is 29.8 Å². The quantitative estimate of drug-likeness (QED) is 0.0733. The molecule has 0 saturated carbocycles. The minimum absolute atomic E-state index is 0.155. The summed E-state index contributed by atoms with van der Waals surface area (Å²) >= 11 is 0. The van der Waals surface area contributed by atoms with Gasteiger partial charge in [0.1, 0.15) is 11.2 Å². The molecule has 0 bridgehead atoms. The molecule has 0 amide bonds. The van der Waals surface area contributed by atoms with Crippen LogP contribution in [-0.2, 0) is 29.4 Å². The van der Waals surface area contributed by atoms with Crippen molar-refractivity contribution in [3.8, 4) is 55.6 Å². The van der Waals surface area contributed by atoms with E-state index in [2.05, 4.69) is 163 Å². The molecule has 11 heteroatoms. The van der Waals surface area contributed by atoms with Gasteiger partial charge in [-0.2, -0.15) is 0 Å². The largest absolute Gasteiger partial charge is 0.382 e. The zero-order valence-corrected chi connectivity index (χ0v) is 67.0. The van der Waals surface area contributed by atoms with E-state index in [0.29, 0.717) is 24.3 Å². The van der Waals surface area contributed by atoms with E-state index >= 15 is 0 Å². The maximum Gasteiger partial charge on any atom is 0.193 e. The van der Waals surface area contributed by atoms with Gasteiger partial charge in [-0.05, 0) is 156 Å². The van der Waals surface area contributed by atoms with Crippen LogP contribution in [0.5, 0.6) is 0 Å². The van der Waals surface area contributed by atoms with Gasteiger partial charge in [-0.15, -0.1) is 37.0 Å². The molecule has 0 spiro atoms. The first-order valence-electron chi connectivity index (χ1n) is 34.8. The summed E-state index contributed by atoms with van der Waals surface area (Å²) in [7, 11) is 11.0. The Morgan fingerprint density at radius 1 is 0.337 bits per heavy atom. The Hall–Kier alpha value is -5.67. The highest BCUT2D eigenvalue weighted by Gasteiger charge is 2.36. The molecule has 0 radical (unpaired) electrons. The fourth-order valence-corrected chi connectivity index (χ4v) is 10.7. The molecular formula is C84H123NO6P4. The van der Waals surface area contributed by atoms with Gasteiger partial charge < -0.3 is 14.9 Å². The van der Waals surface area contributed by atoms with Gasteiger partial charge in [-0.3, -0.25) is 19.3 Å². The van der Waals surface area contributed by atoms with Crippen molar-refractivity contribution < 1.29 is 29.3 Å². The highest BCUT2D eigenvalue weighted by Crippen LogP contribution is 2.31. The molecule has 2 N–H and O–H groups in total. The Labute approximate surface area is 587 Å². The molecule has 9 rings (SSSR count). The monoisotopic (exact) mass is 1370 g/mol. The first kappa shape index (κ1) is 91.4. The summed E-state index contributed by atoms with van der Waals surface area (Å²) in [6.07, 6.45) is 3.80. The number of hydrogen-bond donors (Lipinski definition) is 2. The van der Waals surface area contributed by atoms with Crippen LogP contribution in [-0.4, -0.2) is 75.5 Å². The minimum atomic E-state index is -1.37. The Kier molecular flexibility index (Phi) is 48.7. The number of carbonyl (C=O) groups is 3. The van der Waals surface area contributed by atoms with Crippen LogP contribution in [0.15, 0.2) is 188 Å². The molecule has 0 aromatic heterocycles. The summed E-state index contributed by atoms with van der Waals surface area (Å²) in [6, 6.07) is 63.4. The van der Waals surface area contributed by atoms with Crippen molar-refractivity contribution in [2.24, 2.45) is 0 Å². The van der Waals surface area contributed by atoms with Crippen LogP contribution in [0, 0.1) is 0 Å². The van der Waals surface area contributed by atoms with E-state index in [1.54, 1.807) is 18.2 Å². The average molecular weight is 1370 g/mol. The van der Waals surface area contributed by atoms with Crippen molar-refractivity contribution in [1.29, 1.82) is 0 Å². The maximum atomic E-state index is 13.4. The molecule has 1 aliphatic rings. The molecule has 4 atom stereocenters. The fourth-order valence-electron chi connectivity index (χ4n) is 9.39. The number of benzene rings is 8. The Bertz CT molecular complexity index is 3320. The van der Waals surface area contributed by atoms with Gasteiger partial charge in [0.05, 0.1) is 18.8 Å². The Balaban J connectivity index is 0. The molecule has 4 unspecified atom stereocenters. The first-order chi connectivity index (χ1) is 45.7. The number of carbonyl (C=O) groups excluding carboxylic acids is 3. The normalized spacial score (nSPS) is 11.2. The van der Waals surface area contributed by atoms with E-state index in [9.17, 15) is 24.6 Å². The van der Waals surface area contributed by atoms with Crippen molar-refractivity contribution in [2.45, 2.75) is 194 Å². The van der Waals surface area contributed by atoms with Gasteiger partial charge in [-0.1, -0.05) is 287 Å². The van der Waals surface area contributed by atoms with Crippen molar-refractivity contribution in [2.75, 3.05) is 26.3 Å². The number of ketones is 3. The van der Waals surface area contributed by atoms with E-state index < -0.39 is 16.7 Å². The second-order valence-electron chi connectivity index (χ2n) is 21.4. The summed E-state index contributed by atoms with van der Waals surface area (Å²) in [5.74, 6) is -0.379. The summed E-state index contributed by atoms with van der Waals surface area (Å²) in [4.78, 5) is 39.9. The second kappa shape index (κ2) is 50.6. The number of morpholine rings is 1. The summed E-state index contributed by atoms with van der Waals surface area (Å²) in [5.41, 5.74) is 15.0. The number of ether oxygens (including phenoxy) is 1. The third-order valence-corrected chi connectivity index (χ3v) is 16.1. The van der Waals surface area contributed by atoms with Gasteiger partial charge >= 0.3 is 0 Å². The SMILES string of the molecule is CC.CC.CC.CC.CC.CC.CC.CC.CC(C)(C(=O)c1cccc(-c2ccc(-c3ccc(CP)cc3)cc2)c1)N1CCOCC1.CC(C)(O)C(=O)c1ccc(-c2ccc(CP)c(CP)c2)cc1.CC(C)(O)C(=O)c1cccc(-c2ccc(-c3ccc(CP)cc3)cc2)c1. The van der Waals surface area contributed by atoms with E-state index in [4.69, 9.17) is 4.74 Å². The maximum absolute atomic E-state index is 13.4. The zero-order valence-electron chi connectivity index (χ0n) is 62.3. The topological polar surface area (TPSA) is 104 Å². The van der Waals surface area contributed by atoms with Crippen molar-refractivity contribution in [1.82, 2.24) is 4.90 Å². The zero-order chi connectivity index (χ0) is 72.9. The molecular weight excluding hydrogens is 1240 g/mol. The first-order valence-corrected chi connectivity index (χ1v) is 38.0. The molecule has 0 aliphatic carbocycles. The number of rotatable bonds is 16. The van der Waals surface area contributed by atoms with Crippen LogP contribution in [0.3, 0.4) is 0 Å². The lowest BCUT2D eigenvalue weighted by Gasteiger charge is -2.39. The predicted octanol–water partition coefficient (Wildman–Crippen LogP) is 23.3. The van der Waals surface area contributed by atoms with E-state index in [-0.39, 0.29) is 17.3 Å². The highest BCUT2D eigenvalue weighted by molar-refractivity contribution is 7.16. The van der Waals surface area contributed by atoms with Crippen LogP contribution in [0.4, 0.5) is 0 Å². The lowest BCUT2D eigenvalue weighted by atomic mass is 9.89. The second-order valence-corrected chi connectivity index (χ2v) is 23.0. The number of Topliss-reactive ketones (excluding diaryl/α,β-unsaturated/α-hetero) is 3. The summed E-state index contributed by atoms with van der Waals surface area (Å²) in [6.45, 7) is 45.0. The molecule has 1 heterocycles. The van der Waals surface area contributed by atoms with Crippen molar-refractivity contribution in [3.63, 3.8) is 0 Å². The third kappa shape index (κ3) is 29.5. The van der Waals surface area contributed by atoms with Crippen LogP contribution < -0.4 is 0 Å². The molecule has 1 saturated heterocycles. The standard InChI is InChI=1S/C27H30NO2P.C23H23O2P.C18H22O2P2.8C2H6/c1-27(2,28-14-16-30-17-15-28)26(29)25-5-3-4-24(18-25)23-12-10-22(11-13-23)21-8-6-20(19-31)7-9-21;1-23(2,25)22(24)21-5-3-4-20(14-21)19-12-10-18(11-13-19)17-8-6-16(15-26)7-9-17;1-18(2,20)17(19)13-5-3-12(4-6-13)14-7-8-15(10-21)16(9-14)11-22;8*1-2/h3-13,18H,14-17,19,31H2,1-2H3;3-14,25H,15,26H2,1-2H3;3-9,20H,10-11,21-22H2,1-2H3;8*1-2H3. The highest BCUT2D eigenvalue weighted by atomic mass is 31.0. The molecule has 95 heavy (non-hydrogen) atoms. The number of nitrogens with zero attached hydrogens (tertiary/aromatic N) is 1. The molecule has 7 nitrogen and oxygen atoms in total. The lowest BCUT2D eigenvalue weighted by Crippen LogP contribution is -2.54. The van der Waals surface area contributed by atoms with Gasteiger partial charge in [0.25, 0.3) is 0 Å². The third-order valence-electron chi connectivity index (χ3n) is 14.3. The smallest absolute Gasteiger partial charge is 0.193 e.